The third-order valence-corrected chi connectivity index (χ3v) is 7.75. The van der Waals surface area contributed by atoms with Crippen LogP contribution in [0.5, 0.6) is 5.75 Å². The Kier molecular flexibility index (Phi) is 10.2. The molecule has 0 aliphatic carbocycles. The molecule has 0 spiro atoms. The molecule has 2 unspecified atom stereocenters. The molecule has 3 rings (SSSR count). The molecule has 5 N–H and O–H groups in total. The number of amides is 4. The quantitative estimate of drug-likeness (QED) is 0.357. The van der Waals surface area contributed by atoms with Crippen LogP contribution in [0.2, 0.25) is 0 Å². The van der Waals surface area contributed by atoms with Crippen LogP contribution in [0.1, 0.15) is 50.2 Å². The Bertz CT molecular complexity index is 1210. The fraction of sp³-hybridized carbons (Fsp3) is 0.483. The lowest BCUT2D eigenvalue weighted by Crippen LogP contribution is -2.64. The van der Waals surface area contributed by atoms with Gasteiger partial charge in [0.15, 0.2) is 5.69 Å². The molecule has 2 aromatic rings. The van der Waals surface area contributed by atoms with Gasteiger partial charge in [-0.05, 0) is 37.0 Å². The van der Waals surface area contributed by atoms with E-state index in [1.165, 1.54) is 30.3 Å². The number of aliphatic hydroxyl groups excluding tert-OH is 1. The standard InChI is InChI=1S/C29H39N5O6/c1-6-16(2)22-29(40)34(5)18(4)23(33-28(39)24-21(35)13-10-14-30-24)27(38)31-20(15-19-11-8-7-9-12-19)25(36)17(3)26(37)32-22/h7-14,16-18,20,22-23,25,35-36H,6,15H2,1-5H3,(H,31,38)(H,32,37)(H,33,39)/t16?,17-,18-,20+,22?,23+,25+/m1/s1. The van der Waals surface area contributed by atoms with E-state index in [4.69, 9.17) is 0 Å². The molecule has 2 heterocycles. The molecule has 1 aliphatic rings. The van der Waals surface area contributed by atoms with E-state index in [1.54, 1.807) is 13.8 Å². The van der Waals surface area contributed by atoms with E-state index in [0.29, 0.717) is 6.42 Å². The van der Waals surface area contributed by atoms with Gasteiger partial charge in [-0.25, -0.2) is 4.98 Å². The largest absolute Gasteiger partial charge is 0.505 e. The van der Waals surface area contributed by atoms with Crippen LogP contribution in [-0.2, 0) is 20.8 Å². The number of nitrogens with one attached hydrogen (secondary N) is 3. The van der Waals surface area contributed by atoms with Crippen molar-refractivity contribution in [2.75, 3.05) is 7.05 Å². The van der Waals surface area contributed by atoms with Crippen molar-refractivity contribution >= 4 is 23.6 Å². The summed E-state index contributed by atoms with van der Waals surface area (Å²) in [5.74, 6) is -3.99. The van der Waals surface area contributed by atoms with Crippen LogP contribution in [0, 0.1) is 11.8 Å². The van der Waals surface area contributed by atoms with E-state index in [-0.39, 0.29) is 23.8 Å². The number of aliphatic hydroxyl groups is 1. The van der Waals surface area contributed by atoms with Gasteiger partial charge in [0.1, 0.15) is 17.8 Å². The second-order valence-corrected chi connectivity index (χ2v) is 10.5. The van der Waals surface area contributed by atoms with Gasteiger partial charge in [0.05, 0.1) is 24.1 Å². The molecule has 40 heavy (non-hydrogen) atoms. The lowest BCUT2D eigenvalue weighted by molar-refractivity contribution is -0.143. The Balaban J connectivity index is 2.05. The molecule has 7 atom stereocenters. The Morgan fingerprint density at radius 1 is 1.07 bits per heavy atom. The molecule has 1 aromatic heterocycles. The summed E-state index contributed by atoms with van der Waals surface area (Å²) in [5, 5.41) is 29.7. The maximum atomic E-state index is 13.8. The van der Waals surface area contributed by atoms with E-state index in [9.17, 15) is 29.4 Å². The van der Waals surface area contributed by atoms with Crippen molar-refractivity contribution in [3.63, 3.8) is 0 Å². The number of carbonyl (C=O) groups is 4. The number of aromatic nitrogens is 1. The number of pyridine rings is 1. The Hall–Kier alpha value is -3.99. The predicted octanol–water partition coefficient (Wildman–Crippen LogP) is 1.00. The van der Waals surface area contributed by atoms with Gasteiger partial charge in [-0.3, -0.25) is 19.2 Å². The molecule has 1 aromatic carbocycles. The van der Waals surface area contributed by atoms with E-state index in [1.807, 2.05) is 44.2 Å². The topological polar surface area (TPSA) is 161 Å². The first-order valence-corrected chi connectivity index (χ1v) is 13.5. The zero-order valence-corrected chi connectivity index (χ0v) is 23.5. The van der Waals surface area contributed by atoms with E-state index >= 15 is 0 Å². The van der Waals surface area contributed by atoms with Gasteiger partial charge in [0, 0.05) is 13.2 Å². The van der Waals surface area contributed by atoms with Gasteiger partial charge in [-0.2, -0.15) is 0 Å². The van der Waals surface area contributed by atoms with Gasteiger partial charge >= 0.3 is 0 Å². The summed E-state index contributed by atoms with van der Waals surface area (Å²) in [6.45, 7) is 6.88. The van der Waals surface area contributed by atoms with Gasteiger partial charge in [-0.15, -0.1) is 0 Å². The third kappa shape index (κ3) is 6.95. The molecule has 4 amide bonds. The van der Waals surface area contributed by atoms with Gasteiger partial charge < -0.3 is 31.1 Å². The Morgan fingerprint density at radius 2 is 1.75 bits per heavy atom. The van der Waals surface area contributed by atoms with Crippen molar-refractivity contribution < 1.29 is 29.4 Å². The van der Waals surface area contributed by atoms with Gasteiger partial charge in [-0.1, -0.05) is 57.5 Å². The smallest absolute Gasteiger partial charge is 0.274 e. The molecule has 11 heteroatoms. The van der Waals surface area contributed by atoms with Gasteiger partial charge in [0.2, 0.25) is 17.7 Å². The fourth-order valence-corrected chi connectivity index (χ4v) is 4.70. The number of benzene rings is 1. The molecule has 216 valence electrons. The van der Waals surface area contributed by atoms with Crippen LogP contribution >= 0.6 is 0 Å². The maximum absolute atomic E-state index is 13.8. The highest BCUT2D eigenvalue weighted by Crippen LogP contribution is 2.20. The second kappa shape index (κ2) is 13.4. The summed E-state index contributed by atoms with van der Waals surface area (Å²) in [6.07, 6.45) is 0.833. The highest BCUT2D eigenvalue weighted by molar-refractivity contribution is 5.98. The minimum Gasteiger partial charge on any atom is -0.505 e. The summed E-state index contributed by atoms with van der Waals surface area (Å²) in [4.78, 5) is 59.0. The minimum absolute atomic E-state index is 0.213. The van der Waals surface area contributed by atoms with Crippen LogP contribution in [0.15, 0.2) is 48.7 Å². The van der Waals surface area contributed by atoms with Crippen molar-refractivity contribution in [1.29, 1.82) is 0 Å². The zero-order chi connectivity index (χ0) is 29.6. The first kappa shape index (κ1) is 30.6. The predicted molar refractivity (Wildman–Crippen MR) is 148 cm³/mol. The number of hydrogen-bond acceptors (Lipinski definition) is 7. The molecule has 1 saturated heterocycles. The SMILES string of the molecule is CCC(C)C1NC(=O)[C@H](C)[C@H](O)[C@H](Cc2ccccc2)NC(=O)[C@@H](NC(=O)c2ncccc2O)[C@@H](C)N(C)C1=O. The van der Waals surface area contributed by atoms with Crippen molar-refractivity contribution in [2.45, 2.75) is 70.8 Å². The average molecular weight is 554 g/mol. The average Bonchev–Trinajstić information content (AvgIpc) is 2.95. The number of likely N-dealkylation sites (N-methyl/N-ethyl adjacent to an activating group) is 1. The van der Waals surface area contributed by atoms with Crippen molar-refractivity contribution in [3.8, 4) is 5.75 Å². The Labute approximate surface area is 234 Å². The molecule has 0 saturated carbocycles. The zero-order valence-electron chi connectivity index (χ0n) is 23.5. The highest BCUT2D eigenvalue weighted by atomic mass is 16.3. The molecule has 11 nitrogen and oxygen atoms in total. The number of hydrogen-bond donors (Lipinski definition) is 5. The van der Waals surface area contributed by atoms with Crippen molar-refractivity contribution in [2.24, 2.45) is 11.8 Å². The molecule has 0 bridgehead atoms. The molecular weight excluding hydrogens is 514 g/mol. The molecule has 1 fully saturated rings. The first-order valence-electron chi connectivity index (χ1n) is 13.5. The van der Waals surface area contributed by atoms with Gasteiger partial charge in [0.25, 0.3) is 5.91 Å². The van der Waals surface area contributed by atoms with E-state index in [0.717, 1.165) is 5.56 Å². The summed E-state index contributed by atoms with van der Waals surface area (Å²) in [5.41, 5.74) is 0.546. The number of rotatable bonds is 6. The normalized spacial score (nSPS) is 27.1. The fourth-order valence-electron chi connectivity index (χ4n) is 4.70. The van der Waals surface area contributed by atoms with Crippen LogP contribution in [0.25, 0.3) is 0 Å². The first-order chi connectivity index (χ1) is 19.0. The highest BCUT2D eigenvalue weighted by Gasteiger charge is 2.41. The minimum atomic E-state index is -1.31. The van der Waals surface area contributed by atoms with Crippen LogP contribution in [0.4, 0.5) is 0 Å². The summed E-state index contributed by atoms with van der Waals surface area (Å²) < 4.78 is 0. The van der Waals surface area contributed by atoms with Crippen molar-refractivity contribution in [3.05, 3.63) is 59.9 Å². The molecular formula is C29H39N5O6. The van der Waals surface area contributed by atoms with Crippen molar-refractivity contribution in [1.82, 2.24) is 25.8 Å². The van der Waals surface area contributed by atoms with E-state index in [2.05, 4.69) is 20.9 Å². The lowest BCUT2D eigenvalue weighted by Gasteiger charge is -2.38. The monoisotopic (exact) mass is 553 g/mol. The lowest BCUT2D eigenvalue weighted by atomic mass is 9.90. The molecule has 0 radical (unpaired) electrons. The second-order valence-electron chi connectivity index (χ2n) is 10.5. The van der Waals surface area contributed by atoms with Crippen LogP contribution in [0.3, 0.4) is 0 Å². The molecule has 1 aliphatic heterocycles. The maximum Gasteiger partial charge on any atom is 0.274 e. The number of aromatic hydroxyl groups is 1. The summed E-state index contributed by atoms with van der Waals surface area (Å²) in [7, 11) is 1.50. The Morgan fingerprint density at radius 3 is 2.38 bits per heavy atom. The third-order valence-electron chi connectivity index (χ3n) is 7.75. The number of nitrogens with zero attached hydrogens (tertiary/aromatic N) is 2. The number of carbonyl (C=O) groups excluding carboxylic acids is 4. The van der Waals surface area contributed by atoms with E-state index < -0.39 is 59.8 Å². The summed E-state index contributed by atoms with van der Waals surface area (Å²) in [6, 6.07) is 7.99. The van der Waals surface area contributed by atoms with Crippen LogP contribution < -0.4 is 16.0 Å². The van der Waals surface area contributed by atoms with Crippen LogP contribution in [-0.4, -0.2) is 81.0 Å². The summed E-state index contributed by atoms with van der Waals surface area (Å²) >= 11 is 0.